The number of imidazole rings is 1. The van der Waals surface area contributed by atoms with Gasteiger partial charge in [-0.05, 0) is 24.6 Å². The number of hydrogen-bond donors (Lipinski definition) is 1. The molecule has 0 atom stereocenters. The van der Waals surface area contributed by atoms with Crippen molar-refractivity contribution in [3.8, 4) is 11.3 Å². The Balaban J connectivity index is 2.56. The smallest absolute Gasteiger partial charge is 0.141 e. The van der Waals surface area contributed by atoms with Crippen LogP contribution in [-0.2, 0) is 6.54 Å². The predicted octanol–water partition coefficient (Wildman–Crippen LogP) is 4.46. The minimum atomic E-state index is -0.439. The summed E-state index contributed by atoms with van der Waals surface area (Å²) < 4.78 is 15.3. The van der Waals surface area contributed by atoms with Gasteiger partial charge in [-0.1, -0.05) is 32.4 Å². The maximum atomic E-state index is 13.3. The molecule has 0 spiro atoms. The molecule has 0 aliphatic rings. The number of benzene rings is 1. The molecule has 1 aromatic heterocycles. The average Bonchev–Trinajstić information content (AvgIpc) is 2.72. The van der Waals surface area contributed by atoms with Crippen LogP contribution in [0.5, 0.6) is 0 Å². The molecule has 2 aromatic rings. The zero-order valence-corrected chi connectivity index (χ0v) is 12.7. The number of anilines is 1. The van der Waals surface area contributed by atoms with Crippen LogP contribution in [0.25, 0.3) is 11.3 Å². The zero-order chi connectivity index (χ0) is 14.9. The van der Waals surface area contributed by atoms with E-state index in [1.54, 1.807) is 12.1 Å². The van der Waals surface area contributed by atoms with Gasteiger partial charge in [0.05, 0.1) is 5.02 Å². The van der Waals surface area contributed by atoms with Gasteiger partial charge >= 0.3 is 0 Å². The molecule has 0 saturated heterocycles. The summed E-state index contributed by atoms with van der Waals surface area (Å²) >= 11 is 5.84. The second-order valence-electron chi connectivity index (χ2n) is 5.14. The van der Waals surface area contributed by atoms with Gasteiger partial charge in [-0.2, -0.15) is 0 Å². The molecule has 5 heteroatoms. The molecule has 1 aromatic carbocycles. The van der Waals surface area contributed by atoms with Gasteiger partial charge in [-0.25, -0.2) is 9.37 Å². The van der Waals surface area contributed by atoms with Gasteiger partial charge in [0.2, 0.25) is 0 Å². The van der Waals surface area contributed by atoms with E-state index in [0.717, 1.165) is 24.4 Å². The third-order valence-corrected chi connectivity index (χ3v) is 3.48. The van der Waals surface area contributed by atoms with Crippen LogP contribution in [0.4, 0.5) is 10.2 Å². The van der Waals surface area contributed by atoms with Crippen LogP contribution in [0.15, 0.2) is 18.2 Å². The zero-order valence-electron chi connectivity index (χ0n) is 12.0. The summed E-state index contributed by atoms with van der Waals surface area (Å²) in [6.45, 7) is 7.07. The maximum Gasteiger partial charge on any atom is 0.141 e. The Labute approximate surface area is 123 Å². The average molecular weight is 296 g/mol. The number of halogens is 2. The topological polar surface area (TPSA) is 43.8 Å². The van der Waals surface area contributed by atoms with Crippen molar-refractivity contribution in [3.63, 3.8) is 0 Å². The Morgan fingerprint density at radius 3 is 2.65 bits per heavy atom. The second-order valence-corrected chi connectivity index (χ2v) is 5.55. The Morgan fingerprint density at radius 2 is 2.10 bits per heavy atom. The number of nitrogens with two attached hydrogens (primary N) is 1. The van der Waals surface area contributed by atoms with Crippen molar-refractivity contribution in [2.75, 3.05) is 5.73 Å². The first-order valence-electron chi connectivity index (χ1n) is 6.77. The highest BCUT2D eigenvalue weighted by molar-refractivity contribution is 6.31. The van der Waals surface area contributed by atoms with Gasteiger partial charge in [0.1, 0.15) is 23.2 Å². The number of nitrogen functional groups attached to an aromatic ring is 1. The van der Waals surface area contributed by atoms with E-state index in [4.69, 9.17) is 17.3 Å². The first-order chi connectivity index (χ1) is 9.45. The van der Waals surface area contributed by atoms with Gasteiger partial charge in [0.25, 0.3) is 0 Å². The van der Waals surface area contributed by atoms with Crippen LogP contribution in [-0.4, -0.2) is 9.55 Å². The molecular weight excluding hydrogens is 277 g/mol. The summed E-state index contributed by atoms with van der Waals surface area (Å²) in [5, 5.41) is 0.0815. The number of nitrogens with zero attached hydrogens (tertiary/aromatic N) is 2. The van der Waals surface area contributed by atoms with E-state index >= 15 is 0 Å². The van der Waals surface area contributed by atoms with Gasteiger partial charge in [-0.3, -0.25) is 0 Å². The Morgan fingerprint density at radius 1 is 1.40 bits per heavy atom. The van der Waals surface area contributed by atoms with Crippen molar-refractivity contribution in [1.82, 2.24) is 9.55 Å². The summed E-state index contributed by atoms with van der Waals surface area (Å²) in [5.74, 6) is 1.39. The van der Waals surface area contributed by atoms with Crippen molar-refractivity contribution in [3.05, 3.63) is 34.9 Å². The highest BCUT2D eigenvalue weighted by Gasteiger charge is 2.18. The maximum absolute atomic E-state index is 13.3. The van der Waals surface area contributed by atoms with Gasteiger partial charge < -0.3 is 10.3 Å². The molecule has 1 heterocycles. The molecular formula is C15H19ClFN3. The fraction of sp³-hybridized carbons (Fsp3) is 0.400. The van der Waals surface area contributed by atoms with E-state index in [9.17, 15) is 4.39 Å². The summed E-state index contributed by atoms with van der Waals surface area (Å²) in [4.78, 5) is 4.63. The van der Waals surface area contributed by atoms with Crippen molar-refractivity contribution >= 4 is 17.4 Å². The standard InChI is InChI=1S/C15H19ClFN3/c1-4-7-20-14(18)13(19-15(20)9(2)3)10-5-6-12(17)11(16)8-10/h5-6,8-9H,4,7,18H2,1-3H3. The summed E-state index contributed by atoms with van der Waals surface area (Å²) in [5.41, 5.74) is 7.62. The summed E-state index contributed by atoms with van der Waals surface area (Å²) in [7, 11) is 0. The van der Waals surface area contributed by atoms with Crippen LogP contribution < -0.4 is 5.73 Å². The molecule has 0 unspecified atom stereocenters. The molecule has 0 aliphatic heterocycles. The molecule has 0 bridgehead atoms. The van der Waals surface area contributed by atoms with Crippen LogP contribution in [0.2, 0.25) is 5.02 Å². The van der Waals surface area contributed by atoms with E-state index in [1.807, 2.05) is 4.57 Å². The molecule has 2 rings (SSSR count). The molecule has 0 fully saturated rings. The molecule has 2 N–H and O–H groups in total. The van der Waals surface area contributed by atoms with Crippen molar-refractivity contribution in [2.45, 2.75) is 39.7 Å². The van der Waals surface area contributed by atoms with Crippen LogP contribution in [0.3, 0.4) is 0 Å². The van der Waals surface area contributed by atoms with Crippen LogP contribution in [0, 0.1) is 5.82 Å². The quantitative estimate of drug-likeness (QED) is 0.905. The fourth-order valence-electron chi connectivity index (χ4n) is 2.24. The van der Waals surface area contributed by atoms with Crippen LogP contribution >= 0.6 is 11.6 Å². The Bertz CT molecular complexity index is 620. The summed E-state index contributed by atoms with van der Waals surface area (Å²) in [6, 6.07) is 4.56. The third-order valence-electron chi connectivity index (χ3n) is 3.19. The first-order valence-corrected chi connectivity index (χ1v) is 7.14. The second kappa shape index (κ2) is 5.83. The largest absolute Gasteiger partial charge is 0.383 e. The predicted molar refractivity (Wildman–Crippen MR) is 81.4 cm³/mol. The lowest BCUT2D eigenvalue weighted by Crippen LogP contribution is -2.08. The van der Waals surface area contributed by atoms with E-state index in [0.29, 0.717) is 11.5 Å². The Kier molecular flexibility index (Phi) is 4.33. The van der Waals surface area contributed by atoms with Crippen molar-refractivity contribution < 1.29 is 4.39 Å². The first kappa shape index (κ1) is 14.9. The molecule has 108 valence electrons. The molecule has 20 heavy (non-hydrogen) atoms. The van der Waals surface area contributed by atoms with Gasteiger partial charge in [0.15, 0.2) is 0 Å². The molecule has 0 amide bonds. The van der Waals surface area contributed by atoms with Crippen LogP contribution in [0.1, 0.15) is 38.9 Å². The fourth-order valence-corrected chi connectivity index (χ4v) is 2.42. The van der Waals surface area contributed by atoms with Gasteiger partial charge in [-0.15, -0.1) is 0 Å². The lowest BCUT2D eigenvalue weighted by atomic mass is 10.1. The van der Waals surface area contributed by atoms with E-state index in [1.165, 1.54) is 6.07 Å². The van der Waals surface area contributed by atoms with Crippen molar-refractivity contribution in [2.24, 2.45) is 0 Å². The number of aromatic nitrogens is 2. The SMILES string of the molecule is CCCn1c(C(C)C)nc(-c2ccc(F)c(Cl)c2)c1N. The van der Waals surface area contributed by atoms with Gasteiger partial charge in [0, 0.05) is 18.0 Å². The molecule has 0 aliphatic carbocycles. The normalized spacial score (nSPS) is 11.3. The highest BCUT2D eigenvalue weighted by atomic mass is 35.5. The highest BCUT2D eigenvalue weighted by Crippen LogP contribution is 2.31. The van der Waals surface area contributed by atoms with E-state index < -0.39 is 5.82 Å². The molecule has 3 nitrogen and oxygen atoms in total. The van der Waals surface area contributed by atoms with E-state index in [-0.39, 0.29) is 10.9 Å². The minimum Gasteiger partial charge on any atom is -0.383 e. The van der Waals surface area contributed by atoms with Crippen molar-refractivity contribution in [1.29, 1.82) is 0 Å². The Hall–Kier alpha value is -1.55. The lowest BCUT2D eigenvalue weighted by Gasteiger charge is -2.10. The summed E-state index contributed by atoms with van der Waals surface area (Å²) in [6.07, 6.45) is 0.976. The number of rotatable bonds is 4. The molecule has 0 saturated carbocycles. The lowest BCUT2D eigenvalue weighted by molar-refractivity contribution is 0.616. The number of hydrogen-bond acceptors (Lipinski definition) is 2. The molecule has 0 radical (unpaired) electrons. The third kappa shape index (κ3) is 2.66. The monoisotopic (exact) mass is 295 g/mol. The van der Waals surface area contributed by atoms with E-state index in [2.05, 4.69) is 25.8 Å². The minimum absolute atomic E-state index is 0.0815.